The lowest BCUT2D eigenvalue weighted by atomic mass is 10.0. The third kappa shape index (κ3) is 3.01. The van der Waals surface area contributed by atoms with E-state index in [-0.39, 0.29) is 12.4 Å². The van der Waals surface area contributed by atoms with Gasteiger partial charge in [-0.2, -0.15) is 0 Å². The maximum absolute atomic E-state index is 12.6. The van der Waals surface area contributed by atoms with E-state index in [0.29, 0.717) is 16.8 Å². The Bertz CT molecular complexity index is 1030. The normalized spacial score (nSPS) is 11.0. The molecule has 0 aliphatic rings. The summed E-state index contributed by atoms with van der Waals surface area (Å²) in [7, 11) is 1.90. The number of hydrogen-bond acceptors (Lipinski definition) is 4. The average molecular weight is 350 g/mol. The Balaban J connectivity index is 1.83. The van der Waals surface area contributed by atoms with E-state index in [0.717, 1.165) is 27.9 Å². The molecule has 3 aromatic rings. The number of carbonyl (C=O) groups excluding carboxylic acids is 2. The lowest BCUT2D eigenvalue weighted by molar-refractivity contribution is 0.0472. The molecule has 2 aromatic heterocycles. The van der Waals surface area contributed by atoms with Gasteiger partial charge in [0.2, 0.25) is 5.78 Å². The van der Waals surface area contributed by atoms with Crippen LogP contribution in [0.15, 0.2) is 30.3 Å². The van der Waals surface area contributed by atoms with Gasteiger partial charge in [0.25, 0.3) is 0 Å². The summed E-state index contributed by atoms with van der Waals surface area (Å²) in [6.07, 6.45) is 0. The van der Waals surface area contributed by atoms with Crippen LogP contribution in [-0.4, -0.2) is 27.9 Å². The monoisotopic (exact) mass is 350 g/mol. The number of nitrogens with zero attached hydrogens (tertiary/aromatic N) is 2. The molecule has 5 nitrogen and oxygen atoms in total. The molecule has 0 spiro atoms. The van der Waals surface area contributed by atoms with E-state index in [2.05, 4.69) is 4.98 Å². The third-order valence-electron chi connectivity index (χ3n) is 4.95. The Labute approximate surface area is 152 Å². The minimum absolute atomic E-state index is 0.205. The van der Waals surface area contributed by atoms with Crippen molar-refractivity contribution in [3.8, 4) is 0 Å². The summed E-state index contributed by atoms with van der Waals surface area (Å²) in [6.45, 7) is 7.18. The van der Waals surface area contributed by atoms with Crippen LogP contribution in [0.2, 0.25) is 0 Å². The summed E-state index contributed by atoms with van der Waals surface area (Å²) >= 11 is 0. The molecule has 0 fully saturated rings. The van der Waals surface area contributed by atoms with Gasteiger partial charge in [0.1, 0.15) is 0 Å². The van der Waals surface area contributed by atoms with Crippen molar-refractivity contribution in [1.29, 1.82) is 0 Å². The van der Waals surface area contributed by atoms with Gasteiger partial charge in [0.05, 0.1) is 16.8 Å². The zero-order valence-corrected chi connectivity index (χ0v) is 15.7. The Morgan fingerprint density at radius 3 is 2.46 bits per heavy atom. The number of aromatic nitrogens is 2. The molecule has 2 heterocycles. The molecule has 0 radical (unpaired) electrons. The van der Waals surface area contributed by atoms with Gasteiger partial charge in [-0.3, -0.25) is 9.78 Å². The maximum Gasteiger partial charge on any atom is 0.340 e. The number of rotatable bonds is 4. The summed E-state index contributed by atoms with van der Waals surface area (Å²) in [5.41, 5.74) is 5.12. The second-order valence-corrected chi connectivity index (χ2v) is 6.56. The number of Topliss-reactive ketones (excluding diaryl/α,β-unsaturated/α-hetero) is 1. The molecule has 0 unspecified atom stereocenters. The lowest BCUT2D eigenvalue weighted by Gasteiger charge is -2.12. The van der Waals surface area contributed by atoms with E-state index in [1.807, 2.05) is 62.7 Å². The van der Waals surface area contributed by atoms with E-state index in [9.17, 15) is 9.59 Å². The summed E-state index contributed by atoms with van der Waals surface area (Å²) in [5, 5.41) is 0.908. The van der Waals surface area contributed by atoms with Gasteiger partial charge in [-0.1, -0.05) is 18.2 Å². The van der Waals surface area contributed by atoms with Crippen molar-refractivity contribution in [3.63, 3.8) is 0 Å². The zero-order chi connectivity index (χ0) is 19.0. The highest BCUT2D eigenvalue weighted by Crippen LogP contribution is 2.23. The smallest absolute Gasteiger partial charge is 0.340 e. The van der Waals surface area contributed by atoms with Crippen LogP contribution >= 0.6 is 0 Å². The highest BCUT2D eigenvalue weighted by Gasteiger charge is 2.20. The zero-order valence-electron chi connectivity index (χ0n) is 15.7. The number of esters is 1. The highest BCUT2D eigenvalue weighted by atomic mass is 16.5. The minimum Gasteiger partial charge on any atom is -0.454 e. The summed E-state index contributed by atoms with van der Waals surface area (Å²) in [4.78, 5) is 29.5. The van der Waals surface area contributed by atoms with Crippen LogP contribution in [0.3, 0.4) is 0 Å². The summed E-state index contributed by atoms with van der Waals surface area (Å²) in [5.74, 6) is -0.722. The Kier molecular flexibility index (Phi) is 4.64. The topological polar surface area (TPSA) is 61.2 Å². The molecule has 0 amide bonds. The maximum atomic E-state index is 12.6. The molecule has 0 saturated carbocycles. The number of hydrogen-bond donors (Lipinski definition) is 0. The first-order chi connectivity index (χ1) is 12.3. The SMILES string of the molecule is Cc1nc2ccccc2c(C)c1C(=O)OCC(=O)c1cc(C)n(C)c1C. The number of para-hydroxylation sites is 1. The first-order valence-electron chi connectivity index (χ1n) is 8.50. The van der Waals surface area contributed by atoms with Gasteiger partial charge in [0, 0.05) is 29.4 Å². The van der Waals surface area contributed by atoms with Crippen molar-refractivity contribution < 1.29 is 14.3 Å². The first kappa shape index (κ1) is 17.9. The number of ether oxygens (including phenoxy) is 1. The van der Waals surface area contributed by atoms with Crippen LogP contribution in [0, 0.1) is 27.7 Å². The first-order valence-corrected chi connectivity index (χ1v) is 8.50. The van der Waals surface area contributed by atoms with Crippen LogP contribution in [0.1, 0.15) is 43.4 Å². The van der Waals surface area contributed by atoms with Crippen molar-refractivity contribution in [3.05, 3.63) is 64.1 Å². The van der Waals surface area contributed by atoms with Gasteiger partial charge in [-0.25, -0.2) is 4.79 Å². The Hall–Kier alpha value is -2.95. The third-order valence-corrected chi connectivity index (χ3v) is 4.95. The molecular weight excluding hydrogens is 328 g/mol. The van der Waals surface area contributed by atoms with Gasteiger partial charge in [-0.05, 0) is 45.4 Å². The quantitative estimate of drug-likeness (QED) is 0.530. The predicted molar refractivity (Wildman–Crippen MR) is 101 cm³/mol. The lowest BCUT2D eigenvalue weighted by Crippen LogP contribution is -2.17. The molecule has 0 saturated heterocycles. The summed E-state index contributed by atoms with van der Waals surface area (Å²) in [6, 6.07) is 9.48. The number of fused-ring (bicyclic) bond motifs is 1. The molecule has 26 heavy (non-hydrogen) atoms. The Morgan fingerprint density at radius 1 is 1.12 bits per heavy atom. The predicted octanol–water partition coefficient (Wildman–Crippen LogP) is 3.85. The molecule has 0 aliphatic heterocycles. The molecule has 3 rings (SSSR count). The Morgan fingerprint density at radius 2 is 1.81 bits per heavy atom. The molecular formula is C21H22N2O3. The van der Waals surface area contributed by atoms with Gasteiger partial charge in [-0.15, -0.1) is 0 Å². The average Bonchev–Trinajstić information content (AvgIpc) is 2.87. The minimum atomic E-state index is -0.517. The van der Waals surface area contributed by atoms with Gasteiger partial charge < -0.3 is 9.30 Å². The van der Waals surface area contributed by atoms with Crippen LogP contribution in [-0.2, 0) is 11.8 Å². The van der Waals surface area contributed by atoms with Crippen molar-refractivity contribution in [2.75, 3.05) is 6.61 Å². The largest absolute Gasteiger partial charge is 0.454 e. The van der Waals surface area contributed by atoms with E-state index in [4.69, 9.17) is 4.74 Å². The molecule has 5 heteroatoms. The van der Waals surface area contributed by atoms with Crippen LogP contribution in [0.25, 0.3) is 10.9 Å². The van der Waals surface area contributed by atoms with Crippen molar-refractivity contribution in [2.24, 2.45) is 7.05 Å². The number of benzene rings is 1. The fourth-order valence-electron chi connectivity index (χ4n) is 3.25. The van der Waals surface area contributed by atoms with Crippen molar-refractivity contribution in [2.45, 2.75) is 27.7 Å². The molecule has 0 atom stereocenters. The van der Waals surface area contributed by atoms with Gasteiger partial charge in [0.15, 0.2) is 6.61 Å². The van der Waals surface area contributed by atoms with Crippen LogP contribution in [0.4, 0.5) is 0 Å². The second-order valence-electron chi connectivity index (χ2n) is 6.56. The summed E-state index contributed by atoms with van der Waals surface area (Å²) < 4.78 is 7.26. The molecule has 0 bridgehead atoms. The van der Waals surface area contributed by atoms with E-state index in [1.54, 1.807) is 6.92 Å². The van der Waals surface area contributed by atoms with Crippen LogP contribution < -0.4 is 0 Å². The van der Waals surface area contributed by atoms with E-state index < -0.39 is 5.97 Å². The van der Waals surface area contributed by atoms with Crippen LogP contribution in [0.5, 0.6) is 0 Å². The molecule has 0 N–H and O–H groups in total. The number of carbonyl (C=O) groups is 2. The molecule has 0 aliphatic carbocycles. The fraction of sp³-hybridized carbons (Fsp3) is 0.286. The number of ketones is 1. The van der Waals surface area contributed by atoms with Crippen molar-refractivity contribution >= 4 is 22.7 Å². The molecule has 1 aromatic carbocycles. The van der Waals surface area contributed by atoms with E-state index in [1.165, 1.54) is 0 Å². The highest BCUT2D eigenvalue weighted by molar-refractivity contribution is 6.02. The second kappa shape index (κ2) is 6.75. The number of aryl methyl sites for hydroxylation is 3. The number of pyridine rings is 1. The standard InChI is InChI=1S/C21H22N2O3/c1-12-10-17(15(4)23(12)5)19(24)11-26-21(25)20-13(2)16-8-6-7-9-18(16)22-14(20)3/h6-10H,11H2,1-5H3. The van der Waals surface area contributed by atoms with Crippen molar-refractivity contribution in [1.82, 2.24) is 9.55 Å². The fourth-order valence-corrected chi connectivity index (χ4v) is 3.25. The van der Waals surface area contributed by atoms with E-state index >= 15 is 0 Å². The van der Waals surface area contributed by atoms with Gasteiger partial charge >= 0.3 is 5.97 Å². The molecule has 134 valence electrons.